The highest BCUT2D eigenvalue weighted by molar-refractivity contribution is 5.58. The van der Waals surface area contributed by atoms with Crippen LogP contribution in [0.4, 0.5) is 0 Å². The minimum atomic E-state index is -0.501. The maximum absolute atomic E-state index is 10.0. The Hall–Kier alpha value is -1.62. The quantitative estimate of drug-likeness (QED) is 0.387. The van der Waals surface area contributed by atoms with Crippen LogP contribution in [0.3, 0.4) is 0 Å². The summed E-state index contributed by atoms with van der Waals surface area (Å²) in [6, 6.07) is 10.3. The summed E-state index contributed by atoms with van der Waals surface area (Å²) < 4.78 is 0. The van der Waals surface area contributed by atoms with Crippen molar-refractivity contribution >= 4 is 6.08 Å². The molecule has 0 aliphatic heterocycles. The van der Waals surface area contributed by atoms with Crippen molar-refractivity contribution in [3.05, 3.63) is 53.2 Å². The van der Waals surface area contributed by atoms with Crippen LogP contribution in [0.15, 0.2) is 47.7 Å². The summed E-state index contributed by atoms with van der Waals surface area (Å²) in [6.07, 6.45) is 12.1. The number of hydrogen-bond donors (Lipinski definition) is 3. The lowest BCUT2D eigenvalue weighted by atomic mass is 9.97. The van der Waals surface area contributed by atoms with Crippen LogP contribution in [0.25, 0.3) is 6.08 Å². The summed E-state index contributed by atoms with van der Waals surface area (Å²) in [5.74, 6) is 0. The summed E-state index contributed by atoms with van der Waals surface area (Å²) in [5.41, 5.74) is 6.53. The molecule has 0 bridgehead atoms. The molecule has 0 heterocycles. The molecule has 2 rings (SSSR count). The second-order valence-corrected chi connectivity index (χ2v) is 6.92. The first-order valence-corrected chi connectivity index (χ1v) is 10.0. The first-order valence-electron chi connectivity index (χ1n) is 10.0. The fourth-order valence-corrected chi connectivity index (χ4v) is 3.03. The van der Waals surface area contributed by atoms with Gasteiger partial charge < -0.3 is 10.4 Å². The zero-order valence-electron chi connectivity index (χ0n) is 16.0. The fourth-order valence-electron chi connectivity index (χ4n) is 3.03. The lowest BCUT2D eigenvalue weighted by Gasteiger charge is -2.20. The van der Waals surface area contributed by atoms with Gasteiger partial charge in [0.1, 0.15) is 6.61 Å². The summed E-state index contributed by atoms with van der Waals surface area (Å²) in [5, 5.41) is 13.3. The zero-order chi connectivity index (χ0) is 18.5. The van der Waals surface area contributed by atoms with Crippen LogP contribution >= 0.6 is 0 Å². The first-order chi connectivity index (χ1) is 12.8. The van der Waals surface area contributed by atoms with Gasteiger partial charge >= 0.3 is 0 Å². The third-order valence-corrected chi connectivity index (χ3v) is 4.53. The molecule has 0 spiro atoms. The van der Waals surface area contributed by atoms with Gasteiger partial charge in [-0.15, -0.1) is 0 Å². The van der Waals surface area contributed by atoms with E-state index in [2.05, 4.69) is 42.0 Å². The van der Waals surface area contributed by atoms with Gasteiger partial charge in [0.25, 0.3) is 0 Å². The number of unbranched alkanes of at least 4 members (excludes halogenated alkanes) is 3. The Kier molecular flexibility index (Phi) is 10.1. The number of hydrogen-bond acceptors (Lipinski definition) is 4. The normalized spacial score (nSPS) is 17.2. The van der Waals surface area contributed by atoms with Crippen molar-refractivity contribution < 1.29 is 9.94 Å². The van der Waals surface area contributed by atoms with E-state index < -0.39 is 6.10 Å². The Morgan fingerprint density at radius 1 is 1.19 bits per heavy atom. The van der Waals surface area contributed by atoms with Crippen LogP contribution in [0, 0.1) is 0 Å². The molecule has 3 N–H and O–H groups in total. The topological polar surface area (TPSA) is 53.5 Å². The fraction of sp³-hybridized carbons (Fsp3) is 0.545. The van der Waals surface area contributed by atoms with Crippen LogP contribution in [0.5, 0.6) is 0 Å². The number of benzene rings is 1. The van der Waals surface area contributed by atoms with Gasteiger partial charge in [0.2, 0.25) is 0 Å². The number of aliphatic hydroxyl groups excluding tert-OH is 1. The Bertz CT molecular complexity index is 555. The average Bonchev–Trinajstić information content (AvgIpc) is 2.67. The number of rotatable bonds is 12. The van der Waals surface area contributed by atoms with Crippen LogP contribution in [-0.2, 0) is 4.84 Å². The lowest BCUT2D eigenvalue weighted by Crippen LogP contribution is -2.33. The molecule has 144 valence electrons. The van der Waals surface area contributed by atoms with E-state index in [1.54, 1.807) is 0 Å². The van der Waals surface area contributed by atoms with Crippen molar-refractivity contribution in [3.8, 4) is 0 Å². The van der Waals surface area contributed by atoms with Gasteiger partial charge in [-0.25, -0.2) is 0 Å². The highest BCUT2D eigenvalue weighted by Gasteiger charge is 2.11. The number of allylic oxidation sites excluding steroid dienone is 2. The smallest absolute Gasteiger partial charge is 0.102 e. The highest BCUT2D eigenvalue weighted by atomic mass is 16.6. The van der Waals surface area contributed by atoms with Gasteiger partial charge in [-0.3, -0.25) is 10.3 Å². The average molecular weight is 359 g/mol. The minimum Gasteiger partial charge on any atom is -0.389 e. The van der Waals surface area contributed by atoms with E-state index in [9.17, 15) is 5.11 Å². The molecule has 0 radical (unpaired) electrons. The zero-order valence-corrected chi connectivity index (χ0v) is 16.0. The summed E-state index contributed by atoms with van der Waals surface area (Å²) in [7, 11) is 0. The third-order valence-electron chi connectivity index (χ3n) is 4.53. The standard InChI is InChI=1S/C22H34N2O2/c1-2-3-4-10-15-23-17-21(25)18-26-24-22-14-9-8-13-20(22)16-19-11-6-5-7-12-19/h5-7,11-12,14,16,21,23-25H,2-4,8-10,13,15,17-18H2,1H3/t21-/m1/s1. The van der Waals surface area contributed by atoms with Crippen LogP contribution in [0.2, 0.25) is 0 Å². The van der Waals surface area contributed by atoms with E-state index in [0.29, 0.717) is 6.54 Å². The van der Waals surface area contributed by atoms with Gasteiger partial charge in [0.05, 0.1) is 11.8 Å². The molecular weight excluding hydrogens is 324 g/mol. The van der Waals surface area contributed by atoms with E-state index in [-0.39, 0.29) is 6.61 Å². The summed E-state index contributed by atoms with van der Waals surface area (Å²) >= 11 is 0. The molecule has 1 aromatic carbocycles. The number of nitrogens with one attached hydrogen (secondary N) is 2. The molecule has 0 saturated carbocycles. The van der Waals surface area contributed by atoms with Gasteiger partial charge in [-0.05, 0) is 49.4 Å². The molecule has 1 aliphatic carbocycles. The predicted octanol–water partition coefficient (Wildman–Crippen LogP) is 4.19. The minimum absolute atomic E-state index is 0.276. The predicted molar refractivity (Wildman–Crippen MR) is 108 cm³/mol. The van der Waals surface area contributed by atoms with Crippen LogP contribution in [-0.4, -0.2) is 30.9 Å². The van der Waals surface area contributed by atoms with Crippen molar-refractivity contribution in [2.75, 3.05) is 19.7 Å². The Morgan fingerprint density at radius 3 is 2.85 bits per heavy atom. The van der Waals surface area contributed by atoms with Gasteiger partial charge in [-0.1, -0.05) is 62.6 Å². The van der Waals surface area contributed by atoms with Crippen molar-refractivity contribution in [2.45, 2.75) is 58.0 Å². The molecule has 0 fully saturated rings. The molecule has 4 heteroatoms. The third kappa shape index (κ3) is 8.17. The molecule has 0 amide bonds. The molecule has 0 unspecified atom stereocenters. The molecule has 26 heavy (non-hydrogen) atoms. The van der Waals surface area contributed by atoms with E-state index in [0.717, 1.165) is 31.5 Å². The number of hydroxylamine groups is 1. The Balaban J connectivity index is 1.68. The van der Waals surface area contributed by atoms with Gasteiger partial charge in [0, 0.05) is 6.54 Å². The monoisotopic (exact) mass is 358 g/mol. The largest absolute Gasteiger partial charge is 0.389 e. The second-order valence-electron chi connectivity index (χ2n) is 6.92. The van der Waals surface area contributed by atoms with Crippen molar-refractivity contribution in [3.63, 3.8) is 0 Å². The summed E-state index contributed by atoms with van der Waals surface area (Å²) in [4.78, 5) is 5.55. The molecule has 1 atom stereocenters. The second kappa shape index (κ2) is 12.7. The molecule has 0 saturated heterocycles. The van der Waals surface area contributed by atoms with Gasteiger partial charge in [0.15, 0.2) is 0 Å². The molecule has 1 aliphatic rings. The van der Waals surface area contributed by atoms with E-state index in [4.69, 9.17) is 4.84 Å². The maximum Gasteiger partial charge on any atom is 0.102 e. The van der Waals surface area contributed by atoms with Crippen molar-refractivity contribution in [1.29, 1.82) is 0 Å². The molecule has 0 aromatic heterocycles. The molecular formula is C22H34N2O2. The Morgan fingerprint density at radius 2 is 2.04 bits per heavy atom. The maximum atomic E-state index is 10.0. The van der Waals surface area contributed by atoms with E-state index >= 15 is 0 Å². The molecule has 4 nitrogen and oxygen atoms in total. The van der Waals surface area contributed by atoms with Crippen molar-refractivity contribution in [1.82, 2.24) is 10.8 Å². The lowest BCUT2D eigenvalue weighted by molar-refractivity contribution is -0.00451. The van der Waals surface area contributed by atoms with Gasteiger partial charge in [-0.2, -0.15) is 0 Å². The van der Waals surface area contributed by atoms with Crippen LogP contribution < -0.4 is 10.8 Å². The summed E-state index contributed by atoms with van der Waals surface area (Å²) in [6.45, 7) is 4.01. The van der Waals surface area contributed by atoms with E-state index in [1.807, 2.05) is 18.2 Å². The van der Waals surface area contributed by atoms with E-state index in [1.165, 1.54) is 36.8 Å². The highest BCUT2D eigenvalue weighted by Crippen LogP contribution is 2.24. The molecule has 1 aromatic rings. The Labute approximate surface area is 158 Å². The van der Waals surface area contributed by atoms with Crippen LogP contribution in [0.1, 0.15) is 57.4 Å². The van der Waals surface area contributed by atoms with Crippen molar-refractivity contribution in [2.24, 2.45) is 0 Å². The number of aliphatic hydroxyl groups is 1. The SMILES string of the molecule is CCCCCCNC[C@@H](O)CONC1=CCCCC1=Cc1ccccc1. The first kappa shape index (κ1) is 20.7.